The summed E-state index contributed by atoms with van der Waals surface area (Å²) in [7, 11) is 0. The van der Waals surface area contributed by atoms with Crippen LogP contribution < -0.4 is 5.32 Å². The van der Waals surface area contributed by atoms with Crippen LogP contribution in [0.25, 0.3) is 0 Å². The molecule has 0 aromatic rings. The molecule has 3 atom stereocenters. The molecule has 0 aliphatic carbocycles. The highest BCUT2D eigenvalue weighted by molar-refractivity contribution is 5.77. The van der Waals surface area contributed by atoms with E-state index in [1.54, 1.807) is 0 Å². The Labute approximate surface area is 390 Å². The van der Waals surface area contributed by atoms with Gasteiger partial charge in [-0.1, -0.05) is 229 Å². The molecule has 0 saturated carbocycles. The van der Waals surface area contributed by atoms with Gasteiger partial charge in [-0.25, -0.2) is 0 Å². The van der Waals surface area contributed by atoms with E-state index in [4.69, 9.17) is 4.74 Å². The quantitative estimate of drug-likeness (QED) is 0.0245. The van der Waals surface area contributed by atoms with E-state index in [0.717, 1.165) is 83.5 Å². The Bertz CT molecular complexity index is 1170. The Morgan fingerprint density at radius 1 is 0.492 bits per heavy atom. The minimum absolute atomic E-state index is 0.0330. The summed E-state index contributed by atoms with van der Waals surface area (Å²) in [5.74, 6) is -0.542. The zero-order valence-electron chi connectivity index (χ0n) is 41.4. The van der Waals surface area contributed by atoms with Gasteiger partial charge in [-0.05, 0) is 83.5 Å². The van der Waals surface area contributed by atoms with E-state index in [1.165, 1.54) is 122 Å². The van der Waals surface area contributed by atoms with E-state index in [2.05, 4.69) is 99.0 Å². The molecule has 0 radical (unpaired) electrons. The van der Waals surface area contributed by atoms with Gasteiger partial charge in [0, 0.05) is 6.42 Å². The van der Waals surface area contributed by atoms with Gasteiger partial charge < -0.3 is 20.3 Å². The van der Waals surface area contributed by atoms with Crippen molar-refractivity contribution in [2.75, 3.05) is 6.61 Å². The number of aliphatic hydroxyl groups excluding tert-OH is 2. The number of carbonyl (C=O) groups excluding carboxylic acids is 2. The van der Waals surface area contributed by atoms with Crippen molar-refractivity contribution in [2.24, 2.45) is 0 Å². The molecule has 0 heterocycles. The summed E-state index contributed by atoms with van der Waals surface area (Å²) in [5.41, 5.74) is 0. The van der Waals surface area contributed by atoms with Gasteiger partial charge in [-0.15, -0.1) is 0 Å². The monoisotopic (exact) mass is 880 g/mol. The summed E-state index contributed by atoms with van der Waals surface area (Å²) in [6.07, 6.45) is 63.9. The highest BCUT2D eigenvalue weighted by Crippen LogP contribution is 2.17. The van der Waals surface area contributed by atoms with Gasteiger partial charge in [-0.3, -0.25) is 9.59 Å². The van der Waals surface area contributed by atoms with Crippen molar-refractivity contribution < 1.29 is 24.5 Å². The number of amides is 1. The molecule has 6 nitrogen and oxygen atoms in total. The third-order valence-corrected chi connectivity index (χ3v) is 11.8. The summed E-state index contributed by atoms with van der Waals surface area (Å²) in [5, 5.41) is 23.8. The lowest BCUT2D eigenvalue weighted by Crippen LogP contribution is -2.46. The van der Waals surface area contributed by atoms with Crippen molar-refractivity contribution in [2.45, 2.75) is 270 Å². The highest BCUT2D eigenvalue weighted by Gasteiger charge is 2.24. The predicted molar refractivity (Wildman–Crippen MR) is 273 cm³/mol. The van der Waals surface area contributed by atoms with Gasteiger partial charge in [0.05, 0.1) is 25.2 Å². The maximum Gasteiger partial charge on any atom is 0.306 e. The summed E-state index contributed by atoms with van der Waals surface area (Å²) in [4.78, 5) is 26.2. The molecule has 3 unspecified atom stereocenters. The minimum Gasteiger partial charge on any atom is -0.462 e. The first-order valence-electron chi connectivity index (χ1n) is 26.7. The number of unbranched alkanes of at least 4 members (excludes halogenated alkanes) is 24. The van der Waals surface area contributed by atoms with Crippen LogP contribution in [0.3, 0.4) is 0 Å². The molecule has 0 rings (SSSR count). The largest absolute Gasteiger partial charge is 0.462 e. The van der Waals surface area contributed by atoms with Crippen LogP contribution in [0, 0.1) is 0 Å². The van der Waals surface area contributed by atoms with Crippen LogP contribution in [0.2, 0.25) is 0 Å². The second kappa shape index (κ2) is 50.3. The molecule has 1 amide bonds. The fraction of sp³-hybridized carbons (Fsp3) is 0.754. The summed E-state index contributed by atoms with van der Waals surface area (Å²) in [6.45, 7) is 6.33. The molecular formula is C57H101NO5. The lowest BCUT2D eigenvalue weighted by molar-refractivity contribution is -0.151. The number of hydrogen-bond acceptors (Lipinski definition) is 5. The molecule has 364 valence electrons. The highest BCUT2D eigenvalue weighted by atomic mass is 16.5. The number of ether oxygens (including phenoxy) is 1. The van der Waals surface area contributed by atoms with Gasteiger partial charge in [0.15, 0.2) is 0 Å². The van der Waals surface area contributed by atoms with E-state index in [0.29, 0.717) is 19.3 Å². The molecule has 0 bridgehead atoms. The molecule has 0 aliphatic rings. The third-order valence-electron chi connectivity index (χ3n) is 11.8. The zero-order chi connectivity index (χ0) is 45.9. The first-order valence-corrected chi connectivity index (χ1v) is 26.7. The maximum absolute atomic E-state index is 13.2. The average molecular weight is 880 g/mol. The van der Waals surface area contributed by atoms with E-state index < -0.39 is 18.2 Å². The van der Waals surface area contributed by atoms with Crippen molar-refractivity contribution in [3.63, 3.8) is 0 Å². The predicted octanol–water partition coefficient (Wildman–Crippen LogP) is 16.2. The SMILES string of the molecule is CC/C=C/C/C=C/C/C=C/C/C=C/CCCC(CC(=O)NC(CO)C(O)CCCCCCCCCCCCCCCCC)OC(=O)CCCCCCCC/C=C/C=C/CCCCC. The normalized spacial score (nSPS) is 13.8. The number of esters is 1. The van der Waals surface area contributed by atoms with Gasteiger partial charge in [0.2, 0.25) is 5.91 Å². The summed E-state index contributed by atoms with van der Waals surface area (Å²) >= 11 is 0. The second-order valence-corrected chi connectivity index (χ2v) is 17.9. The van der Waals surface area contributed by atoms with Crippen molar-refractivity contribution in [3.05, 3.63) is 72.9 Å². The van der Waals surface area contributed by atoms with E-state index >= 15 is 0 Å². The fourth-order valence-corrected chi connectivity index (χ4v) is 7.77. The molecule has 0 fully saturated rings. The Kier molecular flexibility index (Phi) is 48.1. The van der Waals surface area contributed by atoms with Gasteiger partial charge >= 0.3 is 5.97 Å². The lowest BCUT2D eigenvalue weighted by atomic mass is 10.0. The van der Waals surface area contributed by atoms with Crippen LogP contribution in [0.5, 0.6) is 0 Å². The Morgan fingerprint density at radius 3 is 1.44 bits per heavy atom. The van der Waals surface area contributed by atoms with E-state index in [1.807, 2.05) is 0 Å². The van der Waals surface area contributed by atoms with Crippen molar-refractivity contribution in [1.29, 1.82) is 0 Å². The Morgan fingerprint density at radius 2 is 0.921 bits per heavy atom. The molecule has 0 saturated heterocycles. The molecule has 6 heteroatoms. The summed E-state index contributed by atoms with van der Waals surface area (Å²) in [6, 6.07) is -0.724. The van der Waals surface area contributed by atoms with Crippen molar-refractivity contribution in [1.82, 2.24) is 5.32 Å². The fourth-order valence-electron chi connectivity index (χ4n) is 7.77. The first-order chi connectivity index (χ1) is 31.0. The van der Waals surface area contributed by atoms with Crippen LogP contribution in [-0.2, 0) is 14.3 Å². The third kappa shape index (κ3) is 45.7. The van der Waals surface area contributed by atoms with Gasteiger partial charge in [0.25, 0.3) is 0 Å². The smallest absolute Gasteiger partial charge is 0.306 e. The molecule has 0 spiro atoms. The van der Waals surface area contributed by atoms with E-state index in [9.17, 15) is 19.8 Å². The number of allylic oxidation sites excluding steroid dienone is 12. The van der Waals surface area contributed by atoms with Crippen molar-refractivity contribution >= 4 is 11.9 Å². The van der Waals surface area contributed by atoms with Crippen LogP contribution in [0.15, 0.2) is 72.9 Å². The molecule has 3 N–H and O–H groups in total. The van der Waals surface area contributed by atoms with Gasteiger partial charge in [0.1, 0.15) is 6.10 Å². The van der Waals surface area contributed by atoms with Crippen LogP contribution in [0.4, 0.5) is 0 Å². The summed E-state index contributed by atoms with van der Waals surface area (Å²) < 4.78 is 5.91. The Hall–Kier alpha value is -2.70. The first kappa shape index (κ1) is 60.3. The number of aliphatic hydroxyl groups is 2. The van der Waals surface area contributed by atoms with Gasteiger partial charge in [-0.2, -0.15) is 0 Å². The van der Waals surface area contributed by atoms with Crippen LogP contribution >= 0.6 is 0 Å². The number of carbonyl (C=O) groups is 2. The number of rotatable bonds is 47. The van der Waals surface area contributed by atoms with Crippen LogP contribution in [-0.4, -0.2) is 46.9 Å². The topological polar surface area (TPSA) is 95.9 Å². The Balaban J connectivity index is 4.65. The maximum atomic E-state index is 13.2. The molecule has 0 aliphatic heterocycles. The number of nitrogens with one attached hydrogen (secondary N) is 1. The number of hydrogen-bond donors (Lipinski definition) is 3. The standard InChI is InChI=1S/C57H101NO5/c1-4-7-10-13-16-19-22-25-28-31-34-37-40-43-46-49-55(60)54(52-59)58-56(61)51-53(48-45-42-39-36-33-30-27-24-21-18-15-12-9-6-3)63-57(62)50-47-44-41-38-35-32-29-26-23-20-17-14-11-8-5-2/h9,12,17-18,20-21,23,26-27,30,36,39,53-55,59-60H,4-8,10-11,13-16,19,22,24-25,28-29,31-35,37-38,40-52H2,1-3H3,(H,58,61)/b12-9+,20-17+,21-18+,26-23+,30-27+,39-36+. The molecular weight excluding hydrogens is 779 g/mol. The van der Waals surface area contributed by atoms with Crippen LogP contribution in [0.1, 0.15) is 252 Å². The lowest BCUT2D eigenvalue weighted by Gasteiger charge is -2.24. The average Bonchev–Trinajstić information content (AvgIpc) is 3.28. The minimum atomic E-state index is -0.807. The molecule has 0 aromatic heterocycles. The molecule has 63 heavy (non-hydrogen) atoms. The zero-order valence-corrected chi connectivity index (χ0v) is 41.4. The van der Waals surface area contributed by atoms with E-state index in [-0.39, 0.29) is 24.9 Å². The molecule has 0 aromatic carbocycles. The second-order valence-electron chi connectivity index (χ2n) is 17.9. The van der Waals surface area contributed by atoms with Crippen molar-refractivity contribution in [3.8, 4) is 0 Å².